The normalized spacial score (nSPS) is 12.1. The van der Waals surface area contributed by atoms with Crippen LogP contribution in [-0.4, -0.2) is 7.11 Å². The molecule has 86 valence electrons. The van der Waals surface area contributed by atoms with Crippen molar-refractivity contribution in [3.63, 3.8) is 0 Å². The number of benzene rings is 1. The second kappa shape index (κ2) is 3.59. The molecule has 0 radical (unpaired) electrons. The van der Waals surface area contributed by atoms with Gasteiger partial charge in [-0.05, 0) is 6.07 Å². The van der Waals surface area contributed by atoms with Crippen molar-refractivity contribution in [1.82, 2.24) is 0 Å². The molecular formula is C10H6ClF3O2. The van der Waals surface area contributed by atoms with Gasteiger partial charge in [-0.3, -0.25) is 0 Å². The number of fused-ring (bicyclic) bond motifs is 1. The molecule has 0 saturated carbocycles. The van der Waals surface area contributed by atoms with Crippen LogP contribution in [0.5, 0.6) is 5.75 Å². The van der Waals surface area contributed by atoms with Crippen LogP contribution in [-0.2, 0) is 6.18 Å². The largest absolute Gasteiger partial charge is 0.495 e. The van der Waals surface area contributed by atoms with E-state index >= 15 is 0 Å². The Bertz CT molecular complexity index is 531. The van der Waals surface area contributed by atoms with Crippen molar-refractivity contribution in [2.75, 3.05) is 7.11 Å². The van der Waals surface area contributed by atoms with E-state index in [2.05, 4.69) is 0 Å². The molecule has 0 amide bonds. The lowest BCUT2D eigenvalue weighted by Crippen LogP contribution is -2.03. The van der Waals surface area contributed by atoms with Crippen LogP contribution in [0, 0.1) is 0 Å². The molecule has 0 aliphatic heterocycles. The topological polar surface area (TPSA) is 22.4 Å². The Kier molecular flexibility index (Phi) is 2.50. The molecule has 0 aliphatic rings. The van der Waals surface area contributed by atoms with Crippen molar-refractivity contribution in [2.45, 2.75) is 6.18 Å². The zero-order valence-electron chi connectivity index (χ0n) is 8.06. The number of halogens is 4. The Balaban J connectivity index is 2.72. The van der Waals surface area contributed by atoms with Gasteiger partial charge in [-0.25, -0.2) is 0 Å². The van der Waals surface area contributed by atoms with Gasteiger partial charge >= 0.3 is 6.18 Å². The summed E-state index contributed by atoms with van der Waals surface area (Å²) in [4.78, 5) is 0. The maximum absolute atomic E-state index is 12.6. The summed E-state index contributed by atoms with van der Waals surface area (Å²) in [6.45, 7) is 0. The van der Waals surface area contributed by atoms with Crippen molar-refractivity contribution in [1.29, 1.82) is 0 Å². The van der Waals surface area contributed by atoms with E-state index in [4.69, 9.17) is 20.8 Å². The zero-order valence-corrected chi connectivity index (χ0v) is 8.82. The standard InChI is InChI=1S/C10H6ClF3O2/c1-15-9-2-5-6(10(12,13)14)4-16-8(5)3-7(9)11/h2-4H,1H3. The third-order valence-electron chi connectivity index (χ3n) is 2.15. The van der Waals surface area contributed by atoms with Gasteiger partial charge in [-0.2, -0.15) is 13.2 Å². The fraction of sp³-hybridized carbons (Fsp3) is 0.200. The molecule has 0 aliphatic carbocycles. The Hall–Kier alpha value is -1.36. The van der Waals surface area contributed by atoms with Crippen molar-refractivity contribution >= 4 is 22.6 Å². The maximum Gasteiger partial charge on any atom is 0.420 e. The van der Waals surface area contributed by atoms with Gasteiger partial charge in [0.1, 0.15) is 23.2 Å². The van der Waals surface area contributed by atoms with Crippen LogP contribution in [0.2, 0.25) is 5.02 Å². The van der Waals surface area contributed by atoms with E-state index in [1.807, 2.05) is 0 Å². The van der Waals surface area contributed by atoms with Crippen LogP contribution in [0.15, 0.2) is 22.8 Å². The molecule has 0 atom stereocenters. The number of hydrogen-bond donors (Lipinski definition) is 0. The maximum atomic E-state index is 12.6. The number of ether oxygens (including phenoxy) is 1. The second-order valence-corrected chi connectivity index (χ2v) is 3.54. The lowest BCUT2D eigenvalue weighted by molar-refractivity contribution is -0.136. The Morgan fingerprint density at radius 2 is 2.00 bits per heavy atom. The van der Waals surface area contributed by atoms with E-state index in [0.29, 0.717) is 6.26 Å². The molecule has 0 saturated heterocycles. The van der Waals surface area contributed by atoms with Gasteiger partial charge in [0.2, 0.25) is 0 Å². The first-order valence-corrected chi connectivity index (χ1v) is 4.63. The molecule has 1 aromatic carbocycles. The molecule has 2 rings (SSSR count). The van der Waals surface area contributed by atoms with E-state index in [9.17, 15) is 13.2 Å². The smallest absolute Gasteiger partial charge is 0.420 e. The average molecular weight is 251 g/mol. The van der Waals surface area contributed by atoms with Crippen LogP contribution in [0.4, 0.5) is 13.2 Å². The fourth-order valence-corrected chi connectivity index (χ4v) is 1.64. The van der Waals surface area contributed by atoms with Gasteiger partial charge in [-0.15, -0.1) is 0 Å². The molecule has 0 N–H and O–H groups in total. The molecular weight excluding hydrogens is 245 g/mol. The summed E-state index contributed by atoms with van der Waals surface area (Å²) in [5, 5.41) is 0.145. The van der Waals surface area contributed by atoms with Gasteiger partial charge in [0.05, 0.1) is 12.1 Å². The van der Waals surface area contributed by atoms with Gasteiger partial charge in [-0.1, -0.05) is 11.6 Å². The summed E-state index contributed by atoms with van der Waals surface area (Å²) in [5.74, 6) is 0.182. The molecule has 6 heteroatoms. The van der Waals surface area contributed by atoms with Crippen LogP contribution in [0.25, 0.3) is 11.0 Å². The van der Waals surface area contributed by atoms with Gasteiger partial charge in [0.25, 0.3) is 0 Å². The number of rotatable bonds is 1. The lowest BCUT2D eigenvalue weighted by Gasteiger charge is -2.05. The highest BCUT2D eigenvalue weighted by molar-refractivity contribution is 6.32. The van der Waals surface area contributed by atoms with E-state index in [-0.39, 0.29) is 21.7 Å². The molecule has 2 nitrogen and oxygen atoms in total. The third kappa shape index (κ3) is 1.71. The predicted octanol–water partition coefficient (Wildman–Crippen LogP) is 4.11. The number of hydrogen-bond acceptors (Lipinski definition) is 2. The number of furan rings is 1. The quantitative estimate of drug-likeness (QED) is 0.760. The summed E-state index contributed by atoms with van der Waals surface area (Å²) >= 11 is 5.76. The van der Waals surface area contributed by atoms with E-state index in [1.54, 1.807) is 0 Å². The van der Waals surface area contributed by atoms with Gasteiger partial charge in [0.15, 0.2) is 0 Å². The Morgan fingerprint density at radius 1 is 1.31 bits per heavy atom. The summed E-state index contributed by atoms with van der Waals surface area (Å²) in [6.07, 6.45) is -3.79. The fourth-order valence-electron chi connectivity index (χ4n) is 1.40. The highest BCUT2D eigenvalue weighted by Gasteiger charge is 2.35. The van der Waals surface area contributed by atoms with E-state index in [0.717, 1.165) is 0 Å². The molecule has 0 bridgehead atoms. The van der Waals surface area contributed by atoms with Crippen LogP contribution in [0.1, 0.15) is 5.56 Å². The highest BCUT2D eigenvalue weighted by Crippen LogP contribution is 2.39. The summed E-state index contributed by atoms with van der Waals surface area (Å²) < 4.78 is 47.3. The zero-order chi connectivity index (χ0) is 11.9. The van der Waals surface area contributed by atoms with Crippen molar-refractivity contribution < 1.29 is 22.3 Å². The van der Waals surface area contributed by atoms with Crippen molar-refractivity contribution in [2.24, 2.45) is 0 Å². The average Bonchev–Trinajstić information content (AvgIpc) is 2.58. The van der Waals surface area contributed by atoms with Gasteiger partial charge in [0, 0.05) is 11.5 Å². The first-order valence-electron chi connectivity index (χ1n) is 4.25. The molecule has 2 aromatic rings. The minimum atomic E-state index is -4.45. The highest BCUT2D eigenvalue weighted by atomic mass is 35.5. The first kappa shape index (κ1) is 11.1. The molecule has 16 heavy (non-hydrogen) atoms. The minimum Gasteiger partial charge on any atom is -0.495 e. The van der Waals surface area contributed by atoms with Crippen LogP contribution in [0.3, 0.4) is 0 Å². The Labute approximate surface area is 93.6 Å². The number of alkyl halides is 3. The van der Waals surface area contributed by atoms with Crippen molar-refractivity contribution in [3.8, 4) is 5.75 Å². The molecule has 1 aromatic heterocycles. The molecule has 0 unspecified atom stereocenters. The third-order valence-corrected chi connectivity index (χ3v) is 2.45. The monoisotopic (exact) mass is 250 g/mol. The van der Waals surface area contributed by atoms with Gasteiger partial charge < -0.3 is 9.15 Å². The van der Waals surface area contributed by atoms with Crippen LogP contribution < -0.4 is 4.74 Å². The predicted molar refractivity (Wildman–Crippen MR) is 52.8 cm³/mol. The Morgan fingerprint density at radius 3 is 2.56 bits per heavy atom. The molecule has 0 fully saturated rings. The van der Waals surface area contributed by atoms with E-state index < -0.39 is 11.7 Å². The number of methoxy groups -OCH3 is 1. The van der Waals surface area contributed by atoms with Crippen LogP contribution >= 0.6 is 11.6 Å². The van der Waals surface area contributed by atoms with E-state index in [1.165, 1.54) is 19.2 Å². The summed E-state index contributed by atoms with van der Waals surface area (Å²) in [6, 6.07) is 2.51. The SMILES string of the molecule is COc1cc2c(C(F)(F)F)coc2cc1Cl. The lowest BCUT2D eigenvalue weighted by atomic mass is 10.1. The second-order valence-electron chi connectivity index (χ2n) is 3.13. The summed E-state index contributed by atoms with van der Waals surface area (Å²) in [7, 11) is 1.33. The minimum absolute atomic E-state index is 0.0613. The molecule has 0 spiro atoms. The molecule has 1 heterocycles. The first-order chi connectivity index (χ1) is 7.43. The summed E-state index contributed by atoms with van der Waals surface area (Å²) in [5.41, 5.74) is -0.754. The van der Waals surface area contributed by atoms with Crippen molar-refractivity contribution in [3.05, 3.63) is 29.0 Å².